The molecule has 2 saturated heterocycles. The van der Waals surface area contributed by atoms with Gasteiger partial charge in [-0.25, -0.2) is 4.79 Å². The third-order valence-corrected chi connectivity index (χ3v) is 4.50. The average Bonchev–Trinajstić information content (AvgIpc) is 2.85. The Kier molecular flexibility index (Phi) is 4.69. The first-order chi connectivity index (χ1) is 12.0. The molecule has 0 aromatic heterocycles. The van der Waals surface area contributed by atoms with Crippen LogP contribution >= 0.6 is 0 Å². The molecule has 2 heterocycles. The van der Waals surface area contributed by atoms with Gasteiger partial charge in [-0.05, 0) is 5.56 Å². The number of carbonyl (C=O) groups excluding carboxylic acids is 3. The van der Waals surface area contributed by atoms with Crippen molar-refractivity contribution in [3.05, 3.63) is 35.9 Å². The van der Waals surface area contributed by atoms with Gasteiger partial charge in [-0.1, -0.05) is 30.3 Å². The third kappa shape index (κ3) is 3.47. The molecular weight excluding hydrogens is 326 g/mol. The van der Waals surface area contributed by atoms with Gasteiger partial charge in [0.25, 0.3) is 5.91 Å². The first-order valence-electron chi connectivity index (χ1n) is 8.13. The lowest BCUT2D eigenvalue weighted by atomic mass is 10.1. The summed E-state index contributed by atoms with van der Waals surface area (Å²) in [5, 5.41) is 8.68. The number of benzene rings is 1. The van der Waals surface area contributed by atoms with E-state index in [1.165, 1.54) is 14.7 Å². The number of nitrogens with zero attached hydrogens (tertiary/aromatic N) is 3. The monoisotopic (exact) mass is 345 g/mol. The van der Waals surface area contributed by atoms with Gasteiger partial charge in [-0.3, -0.25) is 19.3 Å². The predicted octanol–water partition coefficient (Wildman–Crippen LogP) is 0.526. The molecule has 0 aliphatic carbocycles. The molecule has 0 saturated carbocycles. The molecule has 8 nitrogen and oxygen atoms in total. The van der Waals surface area contributed by atoms with Gasteiger partial charge in [0.2, 0.25) is 5.91 Å². The van der Waals surface area contributed by atoms with Crippen LogP contribution in [0.3, 0.4) is 0 Å². The number of hydrogen-bond acceptors (Lipinski definition) is 4. The Balaban J connectivity index is 1.66. The summed E-state index contributed by atoms with van der Waals surface area (Å²) < 4.78 is 0. The molecule has 2 aliphatic rings. The predicted molar refractivity (Wildman–Crippen MR) is 86.3 cm³/mol. The van der Waals surface area contributed by atoms with Gasteiger partial charge < -0.3 is 14.9 Å². The Bertz CT molecular complexity index is 705. The van der Waals surface area contributed by atoms with Crippen molar-refractivity contribution >= 4 is 23.8 Å². The van der Waals surface area contributed by atoms with E-state index in [1.807, 2.05) is 30.3 Å². The second-order valence-corrected chi connectivity index (χ2v) is 6.14. The van der Waals surface area contributed by atoms with E-state index in [-0.39, 0.29) is 50.3 Å². The molecule has 8 heteroatoms. The van der Waals surface area contributed by atoms with Crippen molar-refractivity contribution in [3.8, 4) is 0 Å². The normalized spacial score (nSPS) is 20.0. The first kappa shape index (κ1) is 16.9. The lowest BCUT2D eigenvalue weighted by Crippen LogP contribution is -2.54. The number of carbonyl (C=O) groups is 4. The first-order valence-corrected chi connectivity index (χ1v) is 8.13. The van der Waals surface area contributed by atoms with Crippen LogP contribution in [-0.2, 0) is 20.9 Å². The zero-order valence-electron chi connectivity index (χ0n) is 13.6. The second kappa shape index (κ2) is 6.92. The van der Waals surface area contributed by atoms with Crippen molar-refractivity contribution < 1.29 is 24.3 Å². The highest BCUT2D eigenvalue weighted by Crippen LogP contribution is 2.24. The number of hydrogen-bond donors (Lipinski definition) is 1. The van der Waals surface area contributed by atoms with Crippen LogP contribution in [-0.4, -0.2) is 69.3 Å². The van der Waals surface area contributed by atoms with Gasteiger partial charge in [0.15, 0.2) is 0 Å². The maximum Gasteiger partial charge on any atom is 0.327 e. The number of piperazine rings is 1. The number of carboxylic acid groups (broad SMARTS) is 1. The van der Waals surface area contributed by atoms with E-state index in [0.29, 0.717) is 6.54 Å². The highest BCUT2D eigenvalue weighted by atomic mass is 16.4. The van der Waals surface area contributed by atoms with Crippen molar-refractivity contribution in [1.82, 2.24) is 14.7 Å². The van der Waals surface area contributed by atoms with E-state index in [2.05, 4.69) is 0 Å². The molecule has 3 rings (SSSR count). The average molecular weight is 345 g/mol. The van der Waals surface area contributed by atoms with Crippen molar-refractivity contribution in [2.75, 3.05) is 19.6 Å². The van der Waals surface area contributed by atoms with Crippen molar-refractivity contribution in [1.29, 1.82) is 0 Å². The minimum Gasteiger partial charge on any atom is -0.481 e. The largest absolute Gasteiger partial charge is 0.481 e. The molecule has 1 N–H and O–H groups in total. The van der Waals surface area contributed by atoms with Gasteiger partial charge in [-0.2, -0.15) is 0 Å². The fraction of sp³-hybridized carbons (Fsp3) is 0.412. The van der Waals surface area contributed by atoms with Gasteiger partial charge in [0.1, 0.15) is 6.04 Å². The van der Waals surface area contributed by atoms with E-state index in [1.54, 1.807) is 0 Å². The molecule has 0 bridgehead atoms. The van der Waals surface area contributed by atoms with E-state index in [9.17, 15) is 19.2 Å². The molecule has 4 amide bonds. The van der Waals surface area contributed by atoms with E-state index >= 15 is 0 Å². The van der Waals surface area contributed by atoms with E-state index in [0.717, 1.165) is 5.56 Å². The second-order valence-electron chi connectivity index (χ2n) is 6.14. The Morgan fingerprint density at radius 1 is 1.08 bits per heavy atom. The van der Waals surface area contributed by atoms with Crippen LogP contribution in [0, 0.1) is 0 Å². The van der Waals surface area contributed by atoms with Crippen molar-refractivity contribution in [3.63, 3.8) is 0 Å². The van der Waals surface area contributed by atoms with Crippen LogP contribution in [0.15, 0.2) is 30.3 Å². The Morgan fingerprint density at radius 2 is 1.80 bits per heavy atom. The van der Waals surface area contributed by atoms with Crippen molar-refractivity contribution in [2.24, 2.45) is 0 Å². The van der Waals surface area contributed by atoms with Crippen LogP contribution in [0.4, 0.5) is 4.79 Å². The molecule has 0 radical (unpaired) electrons. The third-order valence-electron chi connectivity index (χ3n) is 4.50. The van der Waals surface area contributed by atoms with Crippen molar-refractivity contribution in [2.45, 2.75) is 25.4 Å². The number of carboxylic acids is 1. The smallest absolute Gasteiger partial charge is 0.327 e. The highest BCUT2D eigenvalue weighted by Gasteiger charge is 2.48. The molecule has 1 aromatic rings. The van der Waals surface area contributed by atoms with Gasteiger partial charge in [0, 0.05) is 19.5 Å². The summed E-state index contributed by atoms with van der Waals surface area (Å²) in [5.74, 6) is -1.65. The summed E-state index contributed by atoms with van der Waals surface area (Å²) in [6, 6.07) is 8.23. The Morgan fingerprint density at radius 3 is 2.48 bits per heavy atom. The van der Waals surface area contributed by atoms with Crippen LogP contribution < -0.4 is 0 Å². The minimum absolute atomic E-state index is 0.0993. The van der Waals surface area contributed by atoms with E-state index < -0.39 is 12.0 Å². The number of fused-ring (bicyclic) bond motifs is 1. The molecule has 132 valence electrons. The number of aliphatic carboxylic acids is 1. The zero-order chi connectivity index (χ0) is 18.0. The summed E-state index contributed by atoms with van der Waals surface area (Å²) in [6.07, 6.45) is -0.339. The summed E-state index contributed by atoms with van der Waals surface area (Å²) >= 11 is 0. The fourth-order valence-corrected chi connectivity index (χ4v) is 3.16. The van der Waals surface area contributed by atoms with Crippen LogP contribution in [0.25, 0.3) is 0 Å². The highest BCUT2D eigenvalue weighted by molar-refractivity contribution is 6.04. The number of imide groups is 1. The molecule has 1 aromatic carbocycles. The summed E-state index contributed by atoms with van der Waals surface area (Å²) in [5.41, 5.74) is 0.860. The van der Waals surface area contributed by atoms with Gasteiger partial charge >= 0.3 is 12.0 Å². The van der Waals surface area contributed by atoms with Crippen LogP contribution in [0.1, 0.15) is 18.4 Å². The number of amides is 4. The molecule has 0 unspecified atom stereocenters. The molecule has 1 atom stereocenters. The SMILES string of the molecule is O=C(O)CCC(=O)N1CCN2C(=O)N(Cc3ccccc3)C(=O)[C@H]2C1. The maximum absolute atomic E-state index is 12.6. The Hall–Kier alpha value is -2.90. The van der Waals surface area contributed by atoms with Crippen LogP contribution in [0.2, 0.25) is 0 Å². The maximum atomic E-state index is 12.6. The van der Waals surface area contributed by atoms with Gasteiger partial charge in [0.05, 0.1) is 19.5 Å². The molecule has 25 heavy (non-hydrogen) atoms. The molecule has 2 fully saturated rings. The number of urea groups is 1. The lowest BCUT2D eigenvalue weighted by Gasteiger charge is -2.35. The quantitative estimate of drug-likeness (QED) is 0.785. The van der Waals surface area contributed by atoms with Crippen LogP contribution in [0.5, 0.6) is 0 Å². The van der Waals surface area contributed by atoms with Gasteiger partial charge in [-0.15, -0.1) is 0 Å². The fourth-order valence-electron chi connectivity index (χ4n) is 3.16. The lowest BCUT2D eigenvalue weighted by molar-refractivity contribution is -0.142. The summed E-state index contributed by atoms with van der Waals surface area (Å²) in [7, 11) is 0. The van der Waals surface area contributed by atoms with E-state index in [4.69, 9.17) is 5.11 Å². The minimum atomic E-state index is -1.03. The zero-order valence-corrected chi connectivity index (χ0v) is 13.6. The topological polar surface area (TPSA) is 98.2 Å². The Labute approximate surface area is 144 Å². The number of rotatable bonds is 5. The summed E-state index contributed by atoms with van der Waals surface area (Å²) in [4.78, 5) is 52.0. The summed E-state index contributed by atoms with van der Waals surface area (Å²) in [6.45, 7) is 0.916. The molecular formula is C17H19N3O5. The standard InChI is InChI=1S/C17H19N3O5/c21-14(6-7-15(22)23)18-8-9-19-13(11-18)16(24)20(17(19)25)10-12-4-2-1-3-5-12/h1-5,13H,6-11H2,(H,22,23)/t13-/m1/s1. The molecule has 2 aliphatic heterocycles. The molecule has 0 spiro atoms.